The number of hydrogen-bond acceptors (Lipinski definition) is 2. The zero-order chi connectivity index (χ0) is 39.0. The van der Waals surface area contributed by atoms with Crippen LogP contribution in [-0.2, 0) is 11.8 Å². The predicted octanol–water partition coefficient (Wildman–Crippen LogP) is 14.3. The van der Waals surface area contributed by atoms with Crippen LogP contribution in [0.1, 0.15) is 37.7 Å². The minimum absolute atomic E-state index is 0.0539. The molecule has 0 saturated carbocycles. The molecular weight excluding hydrogens is 703 g/mol. The predicted molar refractivity (Wildman–Crippen MR) is 243 cm³/mol. The van der Waals surface area contributed by atoms with E-state index in [0.717, 1.165) is 62.6 Å². The summed E-state index contributed by atoms with van der Waals surface area (Å²) in [5, 5.41) is 4.95. The molecule has 1 aliphatic carbocycles. The monoisotopic (exact) mass is 743 g/mol. The number of aromatic nitrogens is 3. The van der Waals surface area contributed by atoms with E-state index in [1.165, 1.54) is 54.9 Å². The Kier molecular flexibility index (Phi) is 7.81. The highest BCUT2D eigenvalue weighted by molar-refractivity contribution is 6.14. The second kappa shape index (κ2) is 13.2. The fourth-order valence-corrected chi connectivity index (χ4v) is 9.44. The van der Waals surface area contributed by atoms with Crippen LogP contribution in [0.15, 0.2) is 182 Å². The lowest BCUT2D eigenvalue weighted by atomic mass is 9.82. The van der Waals surface area contributed by atoms with Crippen molar-refractivity contribution in [1.82, 2.24) is 14.5 Å². The van der Waals surface area contributed by atoms with Crippen molar-refractivity contribution in [3.63, 3.8) is 0 Å². The number of pyridine rings is 1. The summed E-state index contributed by atoms with van der Waals surface area (Å²) in [4.78, 5) is 10.6. The number of rotatable bonds is 6. The van der Waals surface area contributed by atoms with Crippen LogP contribution in [-0.4, -0.2) is 14.5 Å². The Morgan fingerprint density at radius 1 is 0.448 bits per heavy atom. The molecule has 0 N–H and O–H groups in total. The third kappa shape index (κ3) is 5.42. The van der Waals surface area contributed by atoms with E-state index in [1.54, 1.807) is 0 Å². The summed E-state index contributed by atoms with van der Waals surface area (Å²) in [7, 11) is 0. The summed E-state index contributed by atoms with van der Waals surface area (Å²) < 4.78 is 2.34. The van der Waals surface area contributed by atoms with Gasteiger partial charge < -0.3 is 0 Å². The van der Waals surface area contributed by atoms with Crippen LogP contribution < -0.4 is 0 Å². The van der Waals surface area contributed by atoms with Gasteiger partial charge in [-0.3, -0.25) is 4.57 Å². The topological polar surface area (TPSA) is 30.7 Å². The first-order valence-electron chi connectivity index (χ1n) is 20.3. The molecule has 0 aliphatic heterocycles. The number of para-hydroxylation sites is 2. The molecule has 0 radical (unpaired) electrons. The summed E-state index contributed by atoms with van der Waals surface area (Å²) in [5.74, 6) is 1.03. The SMILES string of the molecule is CCc1nc2ccccc2n1-c1cc(-c2cc(-c3ccc4c(c3)-c3ccccc3C4(C)C)cc(-c3ccccc3)n2)cc(-c2cc3ccccc3c3ccccc23)c1. The minimum Gasteiger partial charge on any atom is -0.296 e. The number of benzene rings is 8. The first-order valence-corrected chi connectivity index (χ1v) is 20.3. The Hall–Kier alpha value is -7.10. The number of aryl methyl sites for hydroxylation is 1. The van der Waals surface area contributed by atoms with E-state index in [4.69, 9.17) is 9.97 Å². The lowest BCUT2D eigenvalue weighted by Crippen LogP contribution is -2.14. The van der Waals surface area contributed by atoms with Gasteiger partial charge in [-0.05, 0) is 121 Å². The molecule has 0 atom stereocenters. The summed E-state index contributed by atoms with van der Waals surface area (Å²) in [6, 6.07) is 66.4. The van der Waals surface area contributed by atoms with Crippen molar-refractivity contribution in [3.8, 4) is 61.6 Å². The van der Waals surface area contributed by atoms with Gasteiger partial charge in [0.2, 0.25) is 0 Å². The fourth-order valence-electron chi connectivity index (χ4n) is 9.44. The van der Waals surface area contributed by atoms with E-state index < -0.39 is 0 Å². The first-order chi connectivity index (χ1) is 28.4. The van der Waals surface area contributed by atoms with Gasteiger partial charge in [-0.1, -0.05) is 148 Å². The lowest BCUT2D eigenvalue weighted by molar-refractivity contribution is 0.660. The second-order valence-electron chi connectivity index (χ2n) is 16.1. The Balaban J connectivity index is 1.18. The van der Waals surface area contributed by atoms with Crippen molar-refractivity contribution >= 4 is 32.6 Å². The fraction of sp³-hybridized carbons (Fsp3) is 0.0909. The van der Waals surface area contributed by atoms with Crippen molar-refractivity contribution < 1.29 is 0 Å². The zero-order valence-electron chi connectivity index (χ0n) is 32.9. The molecule has 276 valence electrons. The van der Waals surface area contributed by atoms with Crippen molar-refractivity contribution in [2.75, 3.05) is 0 Å². The molecule has 0 saturated heterocycles. The van der Waals surface area contributed by atoms with Crippen LogP contribution in [0.3, 0.4) is 0 Å². The molecule has 2 aromatic heterocycles. The van der Waals surface area contributed by atoms with Crippen LogP contribution in [0, 0.1) is 0 Å². The average Bonchev–Trinajstić information content (AvgIpc) is 3.78. The summed E-state index contributed by atoms with van der Waals surface area (Å²) >= 11 is 0. The van der Waals surface area contributed by atoms with Crippen molar-refractivity contribution in [2.45, 2.75) is 32.6 Å². The highest BCUT2D eigenvalue weighted by Crippen LogP contribution is 2.50. The average molecular weight is 744 g/mol. The lowest BCUT2D eigenvalue weighted by Gasteiger charge is -2.21. The smallest absolute Gasteiger partial charge is 0.114 e. The summed E-state index contributed by atoms with van der Waals surface area (Å²) in [5.41, 5.74) is 17.1. The van der Waals surface area contributed by atoms with E-state index in [-0.39, 0.29) is 5.41 Å². The summed E-state index contributed by atoms with van der Waals surface area (Å²) in [6.07, 6.45) is 0.803. The van der Waals surface area contributed by atoms with E-state index >= 15 is 0 Å². The number of fused-ring (bicyclic) bond motifs is 7. The minimum atomic E-state index is -0.0539. The van der Waals surface area contributed by atoms with Gasteiger partial charge in [0.1, 0.15) is 5.82 Å². The van der Waals surface area contributed by atoms with E-state index in [1.807, 2.05) is 0 Å². The molecule has 0 bridgehead atoms. The third-order valence-electron chi connectivity index (χ3n) is 12.3. The second-order valence-corrected chi connectivity index (χ2v) is 16.1. The third-order valence-corrected chi connectivity index (χ3v) is 12.3. The Labute approximate surface area is 338 Å². The Bertz CT molecular complexity index is 3240. The number of nitrogens with zero attached hydrogens (tertiary/aromatic N) is 3. The molecule has 8 aromatic carbocycles. The van der Waals surface area contributed by atoms with Crippen molar-refractivity contribution in [2.24, 2.45) is 0 Å². The van der Waals surface area contributed by atoms with E-state index in [9.17, 15) is 0 Å². The van der Waals surface area contributed by atoms with Gasteiger partial charge in [0, 0.05) is 28.7 Å². The van der Waals surface area contributed by atoms with Crippen molar-refractivity contribution in [3.05, 3.63) is 199 Å². The maximum Gasteiger partial charge on any atom is 0.114 e. The maximum absolute atomic E-state index is 5.48. The first kappa shape index (κ1) is 34.2. The quantitative estimate of drug-likeness (QED) is 0.159. The molecule has 2 heterocycles. The molecule has 3 heteroatoms. The Morgan fingerprint density at radius 2 is 1.12 bits per heavy atom. The van der Waals surface area contributed by atoms with Crippen LogP contribution in [0.4, 0.5) is 0 Å². The molecule has 1 aliphatic rings. The Morgan fingerprint density at radius 3 is 1.97 bits per heavy atom. The molecule has 0 amide bonds. The molecule has 0 unspecified atom stereocenters. The standard InChI is InChI=1S/C55H41N3/c1-4-54-57-50-24-14-15-25-53(50)58(54)41-29-39(46-32-37-18-8-9-19-42(37)43-20-10-11-21-44(43)46)28-40(30-41)52-34-38(33-51(56-52)35-16-6-5-7-17-35)36-26-27-49-47(31-36)45-22-12-13-23-48(45)55(49,2)3/h5-34H,4H2,1-3H3. The van der Waals surface area contributed by atoms with Gasteiger partial charge in [-0.2, -0.15) is 0 Å². The largest absolute Gasteiger partial charge is 0.296 e. The van der Waals surface area contributed by atoms with Gasteiger partial charge in [0.15, 0.2) is 0 Å². The highest BCUT2D eigenvalue weighted by Gasteiger charge is 2.35. The van der Waals surface area contributed by atoms with Gasteiger partial charge >= 0.3 is 0 Å². The molecule has 10 aromatic rings. The van der Waals surface area contributed by atoms with Gasteiger partial charge in [-0.25, -0.2) is 9.97 Å². The van der Waals surface area contributed by atoms with Crippen LogP contribution in [0.2, 0.25) is 0 Å². The molecular formula is C55H41N3. The van der Waals surface area contributed by atoms with Gasteiger partial charge in [-0.15, -0.1) is 0 Å². The molecule has 0 fully saturated rings. The zero-order valence-corrected chi connectivity index (χ0v) is 32.9. The molecule has 3 nitrogen and oxygen atoms in total. The van der Waals surface area contributed by atoms with Gasteiger partial charge in [0.05, 0.1) is 22.4 Å². The van der Waals surface area contributed by atoms with E-state index in [0.29, 0.717) is 0 Å². The van der Waals surface area contributed by atoms with Crippen LogP contribution >= 0.6 is 0 Å². The summed E-state index contributed by atoms with van der Waals surface area (Å²) in [6.45, 7) is 6.87. The molecule has 11 rings (SSSR count). The van der Waals surface area contributed by atoms with E-state index in [2.05, 4.69) is 207 Å². The van der Waals surface area contributed by atoms with Gasteiger partial charge in [0.25, 0.3) is 0 Å². The van der Waals surface area contributed by atoms with Crippen molar-refractivity contribution in [1.29, 1.82) is 0 Å². The highest BCUT2D eigenvalue weighted by atomic mass is 15.1. The maximum atomic E-state index is 5.48. The normalized spacial score (nSPS) is 12.9. The molecule has 0 spiro atoms. The molecule has 58 heavy (non-hydrogen) atoms. The van der Waals surface area contributed by atoms with Crippen LogP contribution in [0.5, 0.6) is 0 Å². The number of imidazole rings is 1. The number of hydrogen-bond donors (Lipinski definition) is 0. The van der Waals surface area contributed by atoms with Crippen LogP contribution in [0.25, 0.3) is 94.2 Å².